The summed E-state index contributed by atoms with van der Waals surface area (Å²) >= 11 is 0. The molecule has 18 heavy (non-hydrogen) atoms. The molecule has 2 fully saturated rings. The topological polar surface area (TPSA) is 60.9 Å². The van der Waals surface area contributed by atoms with Gasteiger partial charge in [-0.15, -0.1) is 0 Å². The third kappa shape index (κ3) is 3.02. The second-order valence-corrected chi connectivity index (χ2v) is 5.36. The predicted octanol–water partition coefficient (Wildman–Crippen LogP) is 0.228. The largest absolute Gasteiger partial charge is 0.391 e. The van der Waals surface area contributed by atoms with Crippen LogP contribution < -0.4 is 0 Å². The summed E-state index contributed by atoms with van der Waals surface area (Å²) in [6.07, 6.45) is 2.84. The van der Waals surface area contributed by atoms with Gasteiger partial charge in [0.25, 0.3) is 0 Å². The number of hydrogen-bond acceptors (Lipinski definition) is 3. The maximum atomic E-state index is 12.3. The first-order valence-electron chi connectivity index (χ1n) is 6.80. The highest BCUT2D eigenvalue weighted by Gasteiger charge is 2.31. The normalized spacial score (nSPS) is 26.2. The van der Waals surface area contributed by atoms with Crippen molar-refractivity contribution in [1.29, 1.82) is 0 Å². The molecule has 1 atom stereocenters. The summed E-state index contributed by atoms with van der Waals surface area (Å²) in [5.41, 5.74) is 0. The molecule has 5 heteroatoms. The zero-order valence-corrected chi connectivity index (χ0v) is 11.0. The molecule has 2 aliphatic rings. The zero-order valence-electron chi connectivity index (χ0n) is 11.0. The predicted molar refractivity (Wildman–Crippen MR) is 66.8 cm³/mol. The molecule has 0 aromatic carbocycles. The molecule has 2 saturated heterocycles. The molecular weight excluding hydrogens is 232 g/mol. The van der Waals surface area contributed by atoms with E-state index in [0.717, 1.165) is 32.2 Å². The lowest BCUT2D eigenvalue weighted by atomic mass is 9.94. The van der Waals surface area contributed by atoms with Crippen molar-refractivity contribution >= 4 is 11.8 Å². The summed E-state index contributed by atoms with van der Waals surface area (Å²) < 4.78 is 0. The van der Waals surface area contributed by atoms with Crippen LogP contribution in [0.2, 0.25) is 0 Å². The molecule has 5 nitrogen and oxygen atoms in total. The number of nitrogens with zero attached hydrogens (tertiary/aromatic N) is 2. The number of β-amino-alcohol motifs (C(OH)–C–C–N with tert-alkyl or cyclic N) is 1. The van der Waals surface area contributed by atoms with E-state index in [2.05, 4.69) is 0 Å². The molecule has 102 valence electrons. The second-order valence-electron chi connectivity index (χ2n) is 5.36. The minimum Gasteiger partial charge on any atom is -0.391 e. The number of aliphatic hydroxyl groups excluding tert-OH is 1. The Balaban J connectivity index is 1.85. The van der Waals surface area contributed by atoms with Gasteiger partial charge in [0.15, 0.2) is 0 Å². The van der Waals surface area contributed by atoms with Crippen LogP contribution in [0.5, 0.6) is 0 Å². The van der Waals surface area contributed by atoms with Crippen molar-refractivity contribution in [3.05, 3.63) is 0 Å². The smallest absolute Gasteiger partial charge is 0.225 e. The quantitative estimate of drug-likeness (QED) is 0.728. The van der Waals surface area contributed by atoms with E-state index in [-0.39, 0.29) is 23.8 Å². The number of piperidine rings is 2. The van der Waals surface area contributed by atoms with E-state index < -0.39 is 0 Å². The first-order valence-corrected chi connectivity index (χ1v) is 6.80. The van der Waals surface area contributed by atoms with Gasteiger partial charge in [0.2, 0.25) is 11.8 Å². The van der Waals surface area contributed by atoms with E-state index in [4.69, 9.17) is 0 Å². The fourth-order valence-corrected chi connectivity index (χ4v) is 2.85. The summed E-state index contributed by atoms with van der Waals surface area (Å²) in [5.74, 6) is 0.289. The Morgan fingerprint density at radius 3 is 2.28 bits per heavy atom. The lowest BCUT2D eigenvalue weighted by Crippen LogP contribution is -2.48. The average Bonchev–Trinajstić information content (AvgIpc) is 2.38. The van der Waals surface area contributed by atoms with Crippen molar-refractivity contribution in [3.63, 3.8) is 0 Å². The maximum absolute atomic E-state index is 12.3. The summed E-state index contributed by atoms with van der Waals surface area (Å²) in [4.78, 5) is 27.1. The highest BCUT2D eigenvalue weighted by Crippen LogP contribution is 2.22. The standard InChI is InChI=1S/C13H22N2O3/c1-10(16)14-7-4-11(5-8-14)13(18)15-6-2-3-12(17)9-15/h11-12,17H,2-9H2,1H3. The van der Waals surface area contributed by atoms with E-state index in [1.807, 2.05) is 0 Å². The van der Waals surface area contributed by atoms with Gasteiger partial charge in [-0.1, -0.05) is 0 Å². The molecular formula is C13H22N2O3. The Morgan fingerprint density at radius 2 is 1.72 bits per heavy atom. The van der Waals surface area contributed by atoms with Crippen molar-refractivity contribution in [2.45, 2.75) is 38.7 Å². The average molecular weight is 254 g/mol. The van der Waals surface area contributed by atoms with E-state index in [1.165, 1.54) is 0 Å². The molecule has 0 aliphatic carbocycles. The third-order valence-electron chi connectivity index (χ3n) is 4.00. The number of carbonyl (C=O) groups excluding carboxylic acids is 2. The number of rotatable bonds is 1. The third-order valence-corrected chi connectivity index (χ3v) is 4.00. The first kappa shape index (κ1) is 13.3. The first-order chi connectivity index (χ1) is 8.58. The second kappa shape index (κ2) is 5.69. The van der Waals surface area contributed by atoms with Gasteiger partial charge in [0.05, 0.1) is 6.10 Å². The number of aliphatic hydroxyl groups is 1. The fourth-order valence-electron chi connectivity index (χ4n) is 2.85. The molecule has 2 amide bonds. The fraction of sp³-hybridized carbons (Fsp3) is 0.846. The van der Waals surface area contributed by atoms with Crippen LogP contribution in [0.15, 0.2) is 0 Å². The van der Waals surface area contributed by atoms with Gasteiger partial charge in [0.1, 0.15) is 0 Å². The number of hydrogen-bond donors (Lipinski definition) is 1. The highest BCUT2D eigenvalue weighted by molar-refractivity contribution is 5.79. The van der Waals surface area contributed by atoms with E-state index in [9.17, 15) is 14.7 Å². The van der Waals surface area contributed by atoms with Crippen LogP contribution in [0.4, 0.5) is 0 Å². The van der Waals surface area contributed by atoms with Crippen LogP contribution in [-0.2, 0) is 9.59 Å². The Bertz CT molecular complexity index is 324. The highest BCUT2D eigenvalue weighted by atomic mass is 16.3. The van der Waals surface area contributed by atoms with Gasteiger partial charge in [-0.3, -0.25) is 9.59 Å². The van der Waals surface area contributed by atoms with Crippen molar-refractivity contribution in [3.8, 4) is 0 Å². The SMILES string of the molecule is CC(=O)N1CCC(C(=O)N2CCCC(O)C2)CC1. The molecule has 2 heterocycles. The molecule has 0 radical (unpaired) electrons. The summed E-state index contributed by atoms with van der Waals surface area (Å²) in [6, 6.07) is 0. The van der Waals surface area contributed by atoms with Crippen LogP contribution in [0, 0.1) is 5.92 Å². The van der Waals surface area contributed by atoms with Gasteiger partial charge >= 0.3 is 0 Å². The van der Waals surface area contributed by atoms with E-state index in [1.54, 1.807) is 16.7 Å². The summed E-state index contributed by atoms with van der Waals surface area (Å²) in [6.45, 7) is 4.18. The molecule has 0 saturated carbocycles. The number of carbonyl (C=O) groups is 2. The molecule has 2 aliphatic heterocycles. The van der Waals surface area contributed by atoms with Crippen LogP contribution in [0.3, 0.4) is 0 Å². The van der Waals surface area contributed by atoms with Crippen LogP contribution in [0.1, 0.15) is 32.6 Å². The van der Waals surface area contributed by atoms with E-state index in [0.29, 0.717) is 19.6 Å². The molecule has 1 N–H and O–H groups in total. The van der Waals surface area contributed by atoms with Gasteiger partial charge in [-0.2, -0.15) is 0 Å². The molecule has 0 aromatic heterocycles. The van der Waals surface area contributed by atoms with Crippen LogP contribution in [0.25, 0.3) is 0 Å². The minimum atomic E-state index is -0.361. The molecule has 0 spiro atoms. The Morgan fingerprint density at radius 1 is 1.06 bits per heavy atom. The Kier molecular flexibility index (Phi) is 4.22. The van der Waals surface area contributed by atoms with Crippen molar-refractivity contribution < 1.29 is 14.7 Å². The van der Waals surface area contributed by atoms with Crippen molar-refractivity contribution in [2.24, 2.45) is 5.92 Å². The zero-order chi connectivity index (χ0) is 13.1. The lowest BCUT2D eigenvalue weighted by Gasteiger charge is -2.36. The summed E-state index contributed by atoms with van der Waals surface area (Å²) in [5, 5.41) is 9.59. The molecule has 0 aromatic rings. The lowest BCUT2D eigenvalue weighted by molar-refractivity contribution is -0.142. The van der Waals surface area contributed by atoms with Crippen LogP contribution in [-0.4, -0.2) is 59.0 Å². The maximum Gasteiger partial charge on any atom is 0.225 e. The van der Waals surface area contributed by atoms with E-state index >= 15 is 0 Å². The van der Waals surface area contributed by atoms with Gasteiger partial charge in [0, 0.05) is 39.0 Å². The van der Waals surface area contributed by atoms with Gasteiger partial charge in [-0.25, -0.2) is 0 Å². The molecule has 2 rings (SSSR count). The number of likely N-dealkylation sites (tertiary alicyclic amines) is 2. The minimum absolute atomic E-state index is 0.0332. The van der Waals surface area contributed by atoms with Gasteiger partial charge < -0.3 is 14.9 Å². The Labute approximate surface area is 108 Å². The van der Waals surface area contributed by atoms with Crippen molar-refractivity contribution in [1.82, 2.24) is 9.80 Å². The summed E-state index contributed by atoms with van der Waals surface area (Å²) in [7, 11) is 0. The molecule has 0 bridgehead atoms. The monoisotopic (exact) mass is 254 g/mol. The molecule has 1 unspecified atom stereocenters. The van der Waals surface area contributed by atoms with Crippen molar-refractivity contribution in [2.75, 3.05) is 26.2 Å². The number of amides is 2. The van der Waals surface area contributed by atoms with Gasteiger partial charge in [-0.05, 0) is 25.7 Å². The van der Waals surface area contributed by atoms with Crippen LogP contribution >= 0.6 is 0 Å². The Hall–Kier alpha value is -1.10.